The fraction of sp³-hybridized carbons (Fsp3) is 0.133. The van der Waals surface area contributed by atoms with Crippen molar-refractivity contribution in [2.45, 2.75) is 6.92 Å². The summed E-state index contributed by atoms with van der Waals surface area (Å²) in [6, 6.07) is 14.0. The Hall–Kier alpha value is -2.69. The minimum absolute atomic E-state index is 0.377. The Kier molecular flexibility index (Phi) is 2.95. The van der Waals surface area contributed by atoms with Crippen molar-refractivity contribution < 1.29 is 0 Å². The number of aryl methyl sites for hydroxylation is 2. The molecular weight excluding hydrogens is 252 g/mol. The Morgan fingerprint density at radius 2 is 1.85 bits per heavy atom. The van der Waals surface area contributed by atoms with E-state index in [4.69, 9.17) is 0 Å². The monoisotopic (exact) mass is 266 g/mol. The summed E-state index contributed by atoms with van der Waals surface area (Å²) in [5.41, 5.74) is 1.21. The maximum Gasteiger partial charge on any atom is 0.365 e. The Morgan fingerprint density at radius 3 is 2.70 bits per heavy atom. The standard InChI is InChI=1S/C15H14N4O/c1-10-14(17-15(20)19(2)18-10)16-13-9-5-7-11-6-3-4-8-12(11)13/h3-9H,1-2H3,(H,16,17,20). The third-order valence-electron chi connectivity index (χ3n) is 3.17. The first kappa shape index (κ1) is 12.3. The zero-order chi connectivity index (χ0) is 14.1. The van der Waals surface area contributed by atoms with E-state index in [-0.39, 0.29) is 5.69 Å². The van der Waals surface area contributed by atoms with Gasteiger partial charge in [0.05, 0.1) is 0 Å². The third kappa shape index (κ3) is 2.14. The molecule has 1 heterocycles. The molecule has 0 aliphatic rings. The number of anilines is 2. The van der Waals surface area contributed by atoms with E-state index in [1.165, 1.54) is 4.68 Å². The largest absolute Gasteiger partial charge is 0.365 e. The molecule has 5 heteroatoms. The first-order valence-electron chi connectivity index (χ1n) is 6.32. The van der Waals surface area contributed by atoms with Gasteiger partial charge in [-0.05, 0) is 18.4 Å². The van der Waals surface area contributed by atoms with Gasteiger partial charge in [0.25, 0.3) is 0 Å². The van der Waals surface area contributed by atoms with E-state index < -0.39 is 0 Å². The fourth-order valence-corrected chi connectivity index (χ4v) is 2.14. The van der Waals surface area contributed by atoms with E-state index in [9.17, 15) is 4.79 Å². The lowest BCUT2D eigenvalue weighted by atomic mass is 10.1. The van der Waals surface area contributed by atoms with Gasteiger partial charge in [-0.2, -0.15) is 10.1 Å². The summed E-state index contributed by atoms with van der Waals surface area (Å²) in [6.45, 7) is 1.82. The van der Waals surface area contributed by atoms with Crippen molar-refractivity contribution in [3.8, 4) is 0 Å². The van der Waals surface area contributed by atoms with Crippen LogP contribution in [0.5, 0.6) is 0 Å². The van der Waals surface area contributed by atoms with Crippen LogP contribution in [0.4, 0.5) is 11.5 Å². The quantitative estimate of drug-likeness (QED) is 0.773. The van der Waals surface area contributed by atoms with Gasteiger partial charge in [-0.1, -0.05) is 36.4 Å². The number of hydrogen-bond donors (Lipinski definition) is 1. The highest BCUT2D eigenvalue weighted by molar-refractivity contribution is 5.95. The van der Waals surface area contributed by atoms with Crippen LogP contribution < -0.4 is 11.0 Å². The van der Waals surface area contributed by atoms with Crippen LogP contribution in [0, 0.1) is 6.92 Å². The third-order valence-corrected chi connectivity index (χ3v) is 3.17. The lowest BCUT2D eigenvalue weighted by molar-refractivity contribution is 0.663. The fourth-order valence-electron chi connectivity index (χ4n) is 2.14. The number of nitrogens with zero attached hydrogens (tertiary/aromatic N) is 3. The van der Waals surface area contributed by atoms with Crippen molar-refractivity contribution in [1.29, 1.82) is 0 Å². The summed E-state index contributed by atoms with van der Waals surface area (Å²) in [7, 11) is 1.59. The van der Waals surface area contributed by atoms with Gasteiger partial charge in [-0.25, -0.2) is 9.48 Å². The molecule has 0 unspecified atom stereocenters. The molecule has 0 aliphatic heterocycles. The molecule has 3 rings (SSSR count). The highest BCUT2D eigenvalue weighted by Gasteiger charge is 2.07. The second-order valence-corrected chi connectivity index (χ2v) is 4.60. The zero-order valence-electron chi connectivity index (χ0n) is 11.3. The van der Waals surface area contributed by atoms with Crippen molar-refractivity contribution >= 4 is 22.3 Å². The minimum Gasteiger partial charge on any atom is -0.338 e. The van der Waals surface area contributed by atoms with Crippen molar-refractivity contribution in [3.05, 3.63) is 58.6 Å². The number of aromatic nitrogens is 3. The molecule has 1 N–H and O–H groups in total. The number of fused-ring (bicyclic) bond motifs is 1. The number of nitrogens with one attached hydrogen (secondary N) is 1. The average Bonchev–Trinajstić information content (AvgIpc) is 2.45. The van der Waals surface area contributed by atoms with Gasteiger partial charge in [-0.3, -0.25) is 0 Å². The minimum atomic E-state index is -0.377. The molecule has 100 valence electrons. The van der Waals surface area contributed by atoms with E-state index in [0.29, 0.717) is 11.5 Å². The molecule has 0 aliphatic carbocycles. The van der Waals surface area contributed by atoms with Gasteiger partial charge in [0.2, 0.25) is 0 Å². The lowest BCUT2D eigenvalue weighted by Gasteiger charge is -2.10. The maximum atomic E-state index is 11.6. The van der Waals surface area contributed by atoms with Crippen molar-refractivity contribution in [3.63, 3.8) is 0 Å². The Morgan fingerprint density at radius 1 is 1.10 bits per heavy atom. The molecular formula is C15H14N4O. The zero-order valence-corrected chi connectivity index (χ0v) is 11.3. The smallest absolute Gasteiger partial charge is 0.338 e. The van der Waals surface area contributed by atoms with Gasteiger partial charge in [0, 0.05) is 18.1 Å². The molecule has 0 saturated heterocycles. The van der Waals surface area contributed by atoms with E-state index in [2.05, 4.69) is 15.4 Å². The van der Waals surface area contributed by atoms with Crippen molar-refractivity contribution in [1.82, 2.24) is 14.8 Å². The molecule has 0 saturated carbocycles. The molecule has 0 spiro atoms. The van der Waals surface area contributed by atoms with E-state index in [1.807, 2.05) is 49.4 Å². The second kappa shape index (κ2) is 4.77. The first-order valence-corrected chi connectivity index (χ1v) is 6.32. The van der Waals surface area contributed by atoms with Crippen LogP contribution >= 0.6 is 0 Å². The summed E-state index contributed by atoms with van der Waals surface area (Å²) >= 11 is 0. The van der Waals surface area contributed by atoms with Crippen LogP contribution in [0.15, 0.2) is 47.3 Å². The van der Waals surface area contributed by atoms with Crippen LogP contribution in [-0.2, 0) is 7.05 Å². The van der Waals surface area contributed by atoms with Crippen LogP contribution in [0.2, 0.25) is 0 Å². The highest BCUT2D eigenvalue weighted by atomic mass is 16.1. The predicted octanol–water partition coefficient (Wildman–Crippen LogP) is 2.38. The molecule has 0 amide bonds. The molecule has 3 aromatic rings. The van der Waals surface area contributed by atoms with E-state index in [1.54, 1.807) is 7.05 Å². The van der Waals surface area contributed by atoms with Gasteiger partial charge in [0.1, 0.15) is 5.69 Å². The van der Waals surface area contributed by atoms with Gasteiger partial charge in [0.15, 0.2) is 5.82 Å². The van der Waals surface area contributed by atoms with Crippen molar-refractivity contribution in [2.75, 3.05) is 5.32 Å². The number of benzene rings is 2. The Labute approximate surface area is 115 Å². The topological polar surface area (TPSA) is 59.8 Å². The molecule has 0 fully saturated rings. The molecule has 0 atom stereocenters. The summed E-state index contributed by atoms with van der Waals surface area (Å²) in [4.78, 5) is 15.6. The van der Waals surface area contributed by atoms with Crippen LogP contribution in [0.25, 0.3) is 10.8 Å². The van der Waals surface area contributed by atoms with Crippen LogP contribution in [-0.4, -0.2) is 14.8 Å². The molecule has 20 heavy (non-hydrogen) atoms. The summed E-state index contributed by atoms with van der Waals surface area (Å²) in [5, 5.41) is 9.54. The molecule has 2 aromatic carbocycles. The Bertz CT molecular complexity index is 833. The maximum absolute atomic E-state index is 11.6. The lowest BCUT2D eigenvalue weighted by Crippen LogP contribution is -2.24. The SMILES string of the molecule is Cc1nn(C)c(=O)nc1Nc1cccc2ccccc12. The number of rotatable bonds is 2. The molecule has 0 bridgehead atoms. The van der Waals surface area contributed by atoms with E-state index >= 15 is 0 Å². The van der Waals surface area contributed by atoms with Crippen molar-refractivity contribution in [2.24, 2.45) is 7.05 Å². The van der Waals surface area contributed by atoms with Crippen LogP contribution in [0.1, 0.15) is 5.69 Å². The summed E-state index contributed by atoms with van der Waals surface area (Å²) in [6.07, 6.45) is 0. The van der Waals surface area contributed by atoms with Crippen LogP contribution in [0.3, 0.4) is 0 Å². The van der Waals surface area contributed by atoms with E-state index in [0.717, 1.165) is 16.5 Å². The Balaban J connectivity index is 2.10. The number of hydrogen-bond acceptors (Lipinski definition) is 4. The highest BCUT2D eigenvalue weighted by Crippen LogP contribution is 2.25. The summed E-state index contributed by atoms with van der Waals surface area (Å²) in [5.74, 6) is 0.490. The molecule has 0 radical (unpaired) electrons. The normalized spacial score (nSPS) is 10.7. The van der Waals surface area contributed by atoms with Gasteiger partial charge in [-0.15, -0.1) is 0 Å². The van der Waals surface area contributed by atoms with Gasteiger partial charge < -0.3 is 5.32 Å². The molecule has 1 aromatic heterocycles. The molecule has 5 nitrogen and oxygen atoms in total. The summed E-state index contributed by atoms with van der Waals surface area (Å²) < 4.78 is 1.23. The first-order chi connectivity index (χ1) is 9.65. The predicted molar refractivity (Wildman–Crippen MR) is 79.2 cm³/mol. The van der Waals surface area contributed by atoms with Gasteiger partial charge >= 0.3 is 5.69 Å². The average molecular weight is 266 g/mol. The second-order valence-electron chi connectivity index (χ2n) is 4.60.